The zero-order chi connectivity index (χ0) is 12.1. The van der Waals surface area contributed by atoms with Gasteiger partial charge in [-0.05, 0) is 44.6 Å². The van der Waals surface area contributed by atoms with Crippen LogP contribution in [-0.2, 0) is 4.79 Å². The Morgan fingerprint density at radius 2 is 2.19 bits per heavy atom. The van der Waals surface area contributed by atoms with E-state index in [4.69, 9.17) is 5.11 Å². The van der Waals surface area contributed by atoms with Gasteiger partial charge >= 0.3 is 5.97 Å². The lowest BCUT2D eigenvalue weighted by atomic mass is 9.93. The highest BCUT2D eigenvalue weighted by molar-refractivity contribution is 5.67. The van der Waals surface area contributed by atoms with Gasteiger partial charge in [-0.25, -0.2) is 0 Å². The summed E-state index contributed by atoms with van der Waals surface area (Å²) in [5.41, 5.74) is 0. The smallest absolute Gasteiger partial charge is 0.303 e. The minimum atomic E-state index is -0.655. The van der Waals surface area contributed by atoms with Crippen LogP contribution in [-0.4, -0.2) is 35.1 Å². The molecule has 1 aliphatic rings. The van der Waals surface area contributed by atoms with Crippen molar-refractivity contribution in [3.8, 4) is 0 Å². The van der Waals surface area contributed by atoms with Gasteiger partial charge in [0.2, 0.25) is 0 Å². The molecule has 0 amide bonds. The maximum Gasteiger partial charge on any atom is 0.303 e. The molecule has 0 aliphatic carbocycles. The Balaban J connectivity index is 2.45. The third-order valence-corrected chi connectivity index (χ3v) is 3.45. The van der Waals surface area contributed by atoms with Crippen molar-refractivity contribution in [2.45, 2.75) is 52.5 Å². The van der Waals surface area contributed by atoms with E-state index in [9.17, 15) is 4.79 Å². The molecule has 2 unspecified atom stereocenters. The molecule has 1 saturated heterocycles. The molecule has 0 aromatic rings. The Kier molecular flexibility index (Phi) is 5.26. The standard InChI is InChI=1S/C13H25NO2/c1-10(2)7-12(8-13(15)16)9-14-6-4-5-11(14)3/h10-12H,4-9H2,1-3H3,(H,15,16). The first-order chi connectivity index (χ1) is 7.49. The highest BCUT2D eigenvalue weighted by Gasteiger charge is 2.24. The van der Waals surface area contributed by atoms with Crippen LogP contribution < -0.4 is 0 Å². The van der Waals surface area contributed by atoms with Gasteiger partial charge in [-0.3, -0.25) is 4.79 Å². The van der Waals surface area contributed by atoms with Crippen LogP contribution in [0, 0.1) is 11.8 Å². The number of hydrogen-bond acceptors (Lipinski definition) is 2. The molecule has 0 spiro atoms. The van der Waals surface area contributed by atoms with Crippen LogP contribution in [0.15, 0.2) is 0 Å². The summed E-state index contributed by atoms with van der Waals surface area (Å²) in [5.74, 6) is 0.248. The summed E-state index contributed by atoms with van der Waals surface area (Å²) in [6, 6.07) is 0.642. The number of hydrogen-bond donors (Lipinski definition) is 1. The fourth-order valence-corrected chi connectivity index (χ4v) is 2.73. The van der Waals surface area contributed by atoms with Gasteiger partial charge in [-0.15, -0.1) is 0 Å². The molecule has 2 atom stereocenters. The molecule has 0 saturated carbocycles. The van der Waals surface area contributed by atoms with Crippen molar-refractivity contribution in [2.24, 2.45) is 11.8 Å². The van der Waals surface area contributed by atoms with Gasteiger partial charge in [-0.1, -0.05) is 13.8 Å². The normalized spacial score (nSPS) is 23.9. The fourth-order valence-electron chi connectivity index (χ4n) is 2.73. The maximum absolute atomic E-state index is 10.8. The van der Waals surface area contributed by atoms with E-state index in [1.807, 2.05) is 0 Å². The number of carboxylic acids is 1. The van der Waals surface area contributed by atoms with E-state index in [1.54, 1.807) is 0 Å². The van der Waals surface area contributed by atoms with Crippen molar-refractivity contribution in [2.75, 3.05) is 13.1 Å². The van der Waals surface area contributed by atoms with E-state index in [0.29, 0.717) is 24.3 Å². The van der Waals surface area contributed by atoms with Crippen molar-refractivity contribution in [3.63, 3.8) is 0 Å². The van der Waals surface area contributed by atoms with Gasteiger partial charge in [-0.2, -0.15) is 0 Å². The summed E-state index contributed by atoms with van der Waals surface area (Å²) in [7, 11) is 0. The second kappa shape index (κ2) is 6.24. The summed E-state index contributed by atoms with van der Waals surface area (Å²) in [5, 5.41) is 8.92. The molecular formula is C13H25NO2. The van der Waals surface area contributed by atoms with Crippen molar-refractivity contribution >= 4 is 5.97 Å². The summed E-state index contributed by atoms with van der Waals surface area (Å²) >= 11 is 0. The van der Waals surface area contributed by atoms with E-state index < -0.39 is 5.97 Å². The Hall–Kier alpha value is -0.570. The number of rotatable bonds is 6. The lowest BCUT2D eigenvalue weighted by Crippen LogP contribution is -2.33. The van der Waals surface area contributed by atoms with Gasteiger partial charge in [0.25, 0.3) is 0 Å². The first kappa shape index (κ1) is 13.5. The number of aliphatic carboxylic acids is 1. The number of carbonyl (C=O) groups is 1. The summed E-state index contributed by atoms with van der Waals surface area (Å²) in [4.78, 5) is 13.3. The summed E-state index contributed by atoms with van der Waals surface area (Å²) in [6.45, 7) is 8.70. The van der Waals surface area contributed by atoms with Crippen molar-refractivity contribution in [1.29, 1.82) is 0 Å². The van der Waals surface area contributed by atoms with Crippen LogP contribution in [0.2, 0.25) is 0 Å². The molecule has 0 bridgehead atoms. The minimum absolute atomic E-state index is 0.318. The first-order valence-corrected chi connectivity index (χ1v) is 6.45. The minimum Gasteiger partial charge on any atom is -0.481 e. The Morgan fingerprint density at radius 1 is 1.50 bits per heavy atom. The number of likely N-dealkylation sites (tertiary alicyclic amines) is 1. The zero-order valence-corrected chi connectivity index (χ0v) is 10.8. The summed E-state index contributed by atoms with van der Waals surface area (Å²) in [6.07, 6.45) is 3.88. The monoisotopic (exact) mass is 227 g/mol. The third-order valence-electron chi connectivity index (χ3n) is 3.45. The van der Waals surface area contributed by atoms with E-state index in [2.05, 4.69) is 25.7 Å². The molecule has 0 aromatic carbocycles. The van der Waals surface area contributed by atoms with Crippen LogP contribution in [0.5, 0.6) is 0 Å². The predicted octanol–water partition coefficient (Wildman–Crippen LogP) is 2.61. The lowest BCUT2D eigenvalue weighted by molar-refractivity contribution is -0.138. The van der Waals surface area contributed by atoms with Crippen molar-refractivity contribution < 1.29 is 9.90 Å². The van der Waals surface area contributed by atoms with Crippen LogP contribution >= 0.6 is 0 Å². The topological polar surface area (TPSA) is 40.5 Å². The molecule has 0 aromatic heterocycles. The molecular weight excluding hydrogens is 202 g/mol. The number of carboxylic acid groups (broad SMARTS) is 1. The Labute approximate surface area is 98.8 Å². The van der Waals surface area contributed by atoms with E-state index in [-0.39, 0.29) is 0 Å². The molecule has 16 heavy (non-hydrogen) atoms. The Morgan fingerprint density at radius 3 is 2.62 bits per heavy atom. The van der Waals surface area contributed by atoms with Crippen LogP contribution in [0.3, 0.4) is 0 Å². The van der Waals surface area contributed by atoms with E-state index in [1.165, 1.54) is 12.8 Å². The molecule has 1 aliphatic heterocycles. The molecule has 1 fully saturated rings. The molecule has 94 valence electrons. The highest BCUT2D eigenvalue weighted by Crippen LogP contribution is 2.22. The van der Waals surface area contributed by atoms with Crippen molar-refractivity contribution in [3.05, 3.63) is 0 Å². The van der Waals surface area contributed by atoms with Crippen LogP contribution in [0.25, 0.3) is 0 Å². The zero-order valence-electron chi connectivity index (χ0n) is 10.8. The average Bonchev–Trinajstić information content (AvgIpc) is 2.49. The molecule has 1 heterocycles. The highest BCUT2D eigenvalue weighted by atomic mass is 16.4. The van der Waals surface area contributed by atoms with Gasteiger partial charge < -0.3 is 10.0 Å². The van der Waals surface area contributed by atoms with Crippen molar-refractivity contribution in [1.82, 2.24) is 4.90 Å². The molecule has 3 nitrogen and oxygen atoms in total. The maximum atomic E-state index is 10.8. The van der Waals surface area contributed by atoms with Crippen LogP contribution in [0.1, 0.15) is 46.5 Å². The van der Waals surface area contributed by atoms with Crippen LogP contribution in [0.4, 0.5) is 0 Å². The molecule has 3 heteroatoms. The fraction of sp³-hybridized carbons (Fsp3) is 0.923. The Bertz CT molecular complexity index is 228. The first-order valence-electron chi connectivity index (χ1n) is 6.45. The third kappa shape index (κ3) is 4.52. The van der Waals surface area contributed by atoms with Gasteiger partial charge in [0.1, 0.15) is 0 Å². The quantitative estimate of drug-likeness (QED) is 0.758. The second-order valence-corrected chi connectivity index (χ2v) is 5.58. The van der Waals surface area contributed by atoms with Gasteiger partial charge in [0.15, 0.2) is 0 Å². The SMILES string of the molecule is CC(C)CC(CC(=O)O)CN1CCCC1C. The number of nitrogens with zero attached hydrogens (tertiary/aromatic N) is 1. The molecule has 1 rings (SSSR count). The molecule has 0 radical (unpaired) electrons. The average molecular weight is 227 g/mol. The lowest BCUT2D eigenvalue weighted by Gasteiger charge is -2.27. The molecule has 1 N–H and O–H groups in total. The predicted molar refractivity (Wildman–Crippen MR) is 65.5 cm³/mol. The summed E-state index contributed by atoms with van der Waals surface area (Å²) < 4.78 is 0. The van der Waals surface area contributed by atoms with E-state index in [0.717, 1.165) is 19.5 Å². The van der Waals surface area contributed by atoms with E-state index >= 15 is 0 Å². The van der Waals surface area contributed by atoms with Gasteiger partial charge in [0, 0.05) is 19.0 Å². The second-order valence-electron chi connectivity index (χ2n) is 5.58. The van der Waals surface area contributed by atoms with Gasteiger partial charge in [0.05, 0.1) is 0 Å². The largest absolute Gasteiger partial charge is 0.481 e.